The van der Waals surface area contributed by atoms with Crippen molar-refractivity contribution in [2.45, 2.75) is 31.3 Å². The van der Waals surface area contributed by atoms with E-state index in [2.05, 4.69) is 67.6 Å². The second-order valence-corrected chi connectivity index (χ2v) is 25.3. The Morgan fingerprint density at radius 2 is 1.21 bits per heavy atom. The molecule has 0 saturated carbocycles. The van der Waals surface area contributed by atoms with Crippen LogP contribution in [0, 0.1) is 0 Å². The molecule has 2 rings (SSSR count). The van der Waals surface area contributed by atoms with Crippen LogP contribution >= 0.6 is 50.6 Å². The monoisotopic (exact) mass is 559 g/mol. The van der Waals surface area contributed by atoms with Gasteiger partial charge in [0, 0.05) is 11.1 Å². The molecular formula is C18H23Cl3FeIS. The fourth-order valence-electron chi connectivity index (χ4n) is 2.16. The van der Waals surface area contributed by atoms with Gasteiger partial charge in [0.2, 0.25) is 0 Å². The Kier molecular flexibility index (Phi) is 12.6. The van der Waals surface area contributed by atoms with E-state index in [1.807, 2.05) is 0 Å². The summed E-state index contributed by atoms with van der Waals surface area (Å²) in [6.07, 6.45) is 2.65. The van der Waals surface area contributed by atoms with Gasteiger partial charge < -0.3 is 0 Å². The fraction of sp³-hybridized carbons (Fsp3) is 0.333. The first-order valence-electron chi connectivity index (χ1n) is 7.64. The number of benzene rings is 2. The van der Waals surface area contributed by atoms with Gasteiger partial charge in [-0.15, -0.1) is 0 Å². The third-order valence-electron chi connectivity index (χ3n) is 3.21. The molecule has 0 heterocycles. The van der Waals surface area contributed by atoms with Crippen molar-refractivity contribution < 1.29 is 6.86 Å². The van der Waals surface area contributed by atoms with Gasteiger partial charge in [-0.1, -0.05) is 74.0 Å². The van der Waals surface area contributed by atoms with Gasteiger partial charge in [-0.05, 0) is 17.3 Å². The van der Waals surface area contributed by atoms with Crippen LogP contribution in [0.25, 0.3) is 0 Å². The molecule has 0 atom stereocenters. The summed E-state index contributed by atoms with van der Waals surface area (Å²) in [6, 6.07) is 21.9. The predicted molar refractivity (Wildman–Crippen MR) is 119 cm³/mol. The summed E-state index contributed by atoms with van der Waals surface area (Å²) in [6.45, 7) is 0.171. The van der Waals surface area contributed by atoms with Crippen LogP contribution in [0.1, 0.15) is 30.9 Å². The number of hydrogen-bond acceptors (Lipinski definition) is 0. The molecule has 0 amide bonds. The van der Waals surface area contributed by atoms with Gasteiger partial charge in [0.1, 0.15) is 17.3 Å². The maximum atomic E-state index is 5.17. The second kappa shape index (κ2) is 13.1. The normalized spacial score (nSPS) is 11.8. The number of unbranched alkanes of at least 4 members (excludes halogenated alkanes) is 1. The standard InChI is InChI=1S/C18H23S.3ClH.Fe.HI/c1-2-3-14-19(15-17-10-6-4-7-11-17)16-18-12-8-5-9-13-18;;;;;/h4-13H,2-3,14-16H2,1H3;3*1H;;1H/q+1;;;;+3;/p-4. The molecule has 2 aromatic carbocycles. The molecule has 0 saturated heterocycles. The van der Waals surface area contributed by atoms with Gasteiger partial charge in [-0.25, -0.2) is 0 Å². The van der Waals surface area contributed by atoms with E-state index in [9.17, 15) is 0 Å². The van der Waals surface area contributed by atoms with Crippen molar-refractivity contribution in [1.29, 1.82) is 0 Å². The summed E-state index contributed by atoms with van der Waals surface area (Å²) < 4.78 is 0. The Hall–Kier alpha value is 0.909. The van der Waals surface area contributed by atoms with Gasteiger partial charge >= 0.3 is 57.5 Å². The average Bonchev–Trinajstić information content (AvgIpc) is 2.53. The van der Waals surface area contributed by atoms with Crippen LogP contribution < -0.4 is 0 Å². The Morgan fingerprint density at radius 1 is 0.833 bits per heavy atom. The van der Waals surface area contributed by atoms with E-state index in [4.69, 9.17) is 30.3 Å². The SMILES string of the molecule is CCCC[S+](Cc1ccccc1)Cc1ccccc1.[Cl][Fe-]([Cl])([Cl])[I]. The van der Waals surface area contributed by atoms with Crippen molar-refractivity contribution in [1.82, 2.24) is 0 Å². The predicted octanol–water partition coefficient (Wildman–Crippen LogP) is 7.76. The zero-order valence-electron chi connectivity index (χ0n) is 13.6. The zero-order valence-corrected chi connectivity index (χ0v) is 19.9. The Morgan fingerprint density at radius 3 is 1.54 bits per heavy atom. The third kappa shape index (κ3) is 13.2. The fourth-order valence-corrected chi connectivity index (χ4v) is 4.58. The molecule has 0 radical (unpaired) electrons. The molecule has 2 aromatic rings. The van der Waals surface area contributed by atoms with E-state index in [1.54, 1.807) is 20.3 Å². The summed E-state index contributed by atoms with van der Waals surface area (Å²) in [5, 5.41) is 0. The van der Waals surface area contributed by atoms with Crippen LogP contribution in [0.4, 0.5) is 0 Å². The first kappa shape index (κ1) is 22.9. The van der Waals surface area contributed by atoms with Crippen molar-refractivity contribution in [2.75, 3.05) is 5.75 Å². The van der Waals surface area contributed by atoms with Crippen LogP contribution in [-0.2, 0) is 29.3 Å². The van der Waals surface area contributed by atoms with Gasteiger partial charge in [0.05, 0.1) is 0 Å². The molecule has 0 fully saturated rings. The van der Waals surface area contributed by atoms with E-state index < -0.39 is 6.86 Å². The molecule has 0 spiro atoms. The average molecular weight is 561 g/mol. The molecule has 0 aliphatic heterocycles. The van der Waals surface area contributed by atoms with E-state index >= 15 is 0 Å². The molecule has 0 aliphatic carbocycles. The molecule has 0 bridgehead atoms. The first-order valence-corrected chi connectivity index (χ1v) is 17.5. The third-order valence-corrected chi connectivity index (χ3v) is 5.56. The van der Waals surface area contributed by atoms with Gasteiger partial charge in [-0.2, -0.15) is 0 Å². The molecule has 137 valence electrons. The van der Waals surface area contributed by atoms with Crippen LogP contribution in [0.2, 0.25) is 0 Å². The van der Waals surface area contributed by atoms with Crippen molar-refractivity contribution in [2.24, 2.45) is 0 Å². The zero-order chi connectivity index (χ0) is 17.8. The first-order chi connectivity index (χ1) is 11.4. The number of rotatable bonds is 7. The van der Waals surface area contributed by atoms with Crippen molar-refractivity contribution in [3.05, 3.63) is 71.8 Å². The number of hydrogen-bond donors (Lipinski definition) is 0. The quantitative estimate of drug-likeness (QED) is 0.185. The summed E-state index contributed by atoms with van der Waals surface area (Å²) in [5.41, 5.74) is 2.97. The Labute approximate surface area is 175 Å². The van der Waals surface area contributed by atoms with E-state index in [1.165, 1.54) is 41.2 Å². The van der Waals surface area contributed by atoms with Crippen LogP contribution in [0.15, 0.2) is 60.7 Å². The van der Waals surface area contributed by atoms with Gasteiger partial charge in [-0.3, -0.25) is 0 Å². The van der Waals surface area contributed by atoms with Gasteiger partial charge in [0.25, 0.3) is 0 Å². The summed E-state index contributed by atoms with van der Waals surface area (Å²) in [7, 11) is 16.0. The molecule has 6 heteroatoms. The van der Waals surface area contributed by atoms with Crippen LogP contribution in [0.5, 0.6) is 0 Å². The minimum atomic E-state index is -2.11. The van der Waals surface area contributed by atoms with Crippen molar-refractivity contribution >= 4 is 61.5 Å². The van der Waals surface area contributed by atoms with E-state index in [0.717, 1.165) is 0 Å². The topological polar surface area (TPSA) is 0 Å². The van der Waals surface area contributed by atoms with Crippen molar-refractivity contribution in [3.8, 4) is 0 Å². The molecule has 0 N–H and O–H groups in total. The molecule has 0 unspecified atom stereocenters. The molecular weight excluding hydrogens is 537 g/mol. The van der Waals surface area contributed by atoms with Crippen molar-refractivity contribution in [3.63, 3.8) is 0 Å². The molecule has 0 aromatic heterocycles. The maximum absolute atomic E-state index is 5.17. The summed E-state index contributed by atoms with van der Waals surface area (Å²) in [4.78, 5) is 0. The molecule has 0 aliphatic rings. The Balaban J connectivity index is 0.000000505. The summed E-state index contributed by atoms with van der Waals surface area (Å²) >= 11 is 1.80. The Bertz CT molecular complexity index is 502. The summed E-state index contributed by atoms with van der Waals surface area (Å²) in [5.74, 6) is 3.83. The second-order valence-electron chi connectivity index (χ2n) is 5.23. The van der Waals surface area contributed by atoms with Crippen LogP contribution in [0.3, 0.4) is 0 Å². The van der Waals surface area contributed by atoms with Crippen LogP contribution in [-0.4, -0.2) is 5.75 Å². The van der Waals surface area contributed by atoms with Gasteiger partial charge in [0.15, 0.2) is 0 Å². The number of halogens is 4. The minimum absolute atomic E-state index is 0.474. The molecule has 24 heavy (non-hydrogen) atoms. The van der Waals surface area contributed by atoms with E-state index in [0.29, 0.717) is 10.9 Å². The molecule has 0 nitrogen and oxygen atoms in total. The van der Waals surface area contributed by atoms with E-state index in [-0.39, 0.29) is 0 Å².